The van der Waals surface area contributed by atoms with Crippen LogP contribution in [-0.4, -0.2) is 41.9 Å². The first-order valence-electron chi connectivity index (χ1n) is 8.11. The van der Waals surface area contributed by atoms with Crippen molar-refractivity contribution >= 4 is 11.8 Å². The number of amides is 2. The maximum Gasteiger partial charge on any atom is 0.243 e. The lowest BCUT2D eigenvalue weighted by Crippen LogP contribution is -2.50. The molecule has 2 saturated heterocycles. The second kappa shape index (κ2) is 6.92. The highest BCUT2D eigenvalue weighted by molar-refractivity contribution is 5.90. The Morgan fingerprint density at radius 1 is 1.18 bits per heavy atom. The molecule has 2 heterocycles. The zero-order valence-corrected chi connectivity index (χ0v) is 12.8. The normalized spacial score (nSPS) is 24.5. The van der Waals surface area contributed by atoms with Crippen LogP contribution in [0.5, 0.6) is 0 Å². The van der Waals surface area contributed by atoms with Gasteiger partial charge in [0.15, 0.2) is 0 Å². The maximum absolute atomic E-state index is 12.5. The number of nitrogens with one attached hydrogen (secondary N) is 2. The highest BCUT2D eigenvalue weighted by Gasteiger charge is 2.37. The van der Waals surface area contributed by atoms with Gasteiger partial charge in [0.25, 0.3) is 0 Å². The Balaban J connectivity index is 1.57. The van der Waals surface area contributed by atoms with Crippen molar-refractivity contribution in [3.8, 4) is 0 Å². The van der Waals surface area contributed by atoms with Crippen molar-refractivity contribution in [3.05, 3.63) is 35.9 Å². The molecule has 0 unspecified atom stereocenters. The monoisotopic (exact) mass is 301 g/mol. The van der Waals surface area contributed by atoms with E-state index in [4.69, 9.17) is 0 Å². The molecule has 22 heavy (non-hydrogen) atoms. The minimum atomic E-state index is -0.307. The van der Waals surface area contributed by atoms with Gasteiger partial charge in [-0.25, -0.2) is 0 Å². The Morgan fingerprint density at radius 2 is 2.00 bits per heavy atom. The number of nitrogens with zero attached hydrogens (tertiary/aromatic N) is 1. The SMILES string of the molecule is O=C(NCc1ccccc1)[C@@H]1CCCN1C(=O)[C@H]1CCCN1. The lowest BCUT2D eigenvalue weighted by atomic mass is 10.1. The molecule has 1 aromatic rings. The molecule has 2 aliphatic rings. The first-order valence-corrected chi connectivity index (χ1v) is 8.11. The van der Waals surface area contributed by atoms with Crippen molar-refractivity contribution in [2.45, 2.75) is 44.3 Å². The van der Waals surface area contributed by atoms with Crippen LogP contribution in [0.15, 0.2) is 30.3 Å². The minimum absolute atomic E-state index is 0.0345. The van der Waals surface area contributed by atoms with Crippen LogP contribution in [0.3, 0.4) is 0 Å². The zero-order valence-electron chi connectivity index (χ0n) is 12.8. The molecule has 2 N–H and O–H groups in total. The standard InChI is InChI=1S/C17H23N3O2/c21-16(19-12-13-6-2-1-3-7-13)15-9-5-11-20(15)17(22)14-8-4-10-18-14/h1-3,6-7,14-15,18H,4-5,8-12H2,(H,19,21)/t14-,15+/m1/s1. The van der Waals surface area contributed by atoms with Crippen LogP contribution in [0.1, 0.15) is 31.2 Å². The molecule has 5 nitrogen and oxygen atoms in total. The summed E-state index contributed by atoms with van der Waals surface area (Å²) in [7, 11) is 0. The van der Waals surface area contributed by atoms with Gasteiger partial charge in [-0.15, -0.1) is 0 Å². The van der Waals surface area contributed by atoms with E-state index in [1.54, 1.807) is 4.90 Å². The maximum atomic E-state index is 12.5. The first kappa shape index (κ1) is 15.0. The summed E-state index contributed by atoms with van der Waals surface area (Å²) in [6.07, 6.45) is 3.59. The van der Waals surface area contributed by atoms with Gasteiger partial charge in [-0.1, -0.05) is 30.3 Å². The summed E-state index contributed by atoms with van der Waals surface area (Å²) in [5.41, 5.74) is 1.07. The summed E-state index contributed by atoms with van der Waals surface area (Å²) in [5.74, 6) is 0.0579. The highest BCUT2D eigenvalue weighted by Crippen LogP contribution is 2.20. The highest BCUT2D eigenvalue weighted by atomic mass is 16.2. The molecule has 118 valence electrons. The van der Waals surface area contributed by atoms with E-state index in [2.05, 4.69) is 10.6 Å². The minimum Gasteiger partial charge on any atom is -0.350 e. The molecule has 2 amide bonds. The van der Waals surface area contributed by atoms with E-state index in [-0.39, 0.29) is 23.9 Å². The summed E-state index contributed by atoms with van der Waals surface area (Å²) in [5, 5.41) is 6.19. The van der Waals surface area contributed by atoms with Crippen LogP contribution in [0.4, 0.5) is 0 Å². The van der Waals surface area contributed by atoms with Gasteiger partial charge in [-0.05, 0) is 37.8 Å². The Kier molecular flexibility index (Phi) is 4.73. The smallest absolute Gasteiger partial charge is 0.243 e. The Morgan fingerprint density at radius 3 is 2.73 bits per heavy atom. The van der Waals surface area contributed by atoms with E-state index in [9.17, 15) is 9.59 Å². The predicted molar refractivity (Wildman–Crippen MR) is 84.0 cm³/mol. The van der Waals surface area contributed by atoms with Crippen molar-refractivity contribution in [1.29, 1.82) is 0 Å². The second-order valence-corrected chi connectivity index (χ2v) is 6.04. The molecule has 2 atom stereocenters. The van der Waals surface area contributed by atoms with Crippen LogP contribution in [0.2, 0.25) is 0 Å². The lowest BCUT2D eigenvalue weighted by molar-refractivity contribution is -0.139. The summed E-state index contributed by atoms with van der Waals surface area (Å²) >= 11 is 0. The van der Waals surface area contributed by atoms with Crippen LogP contribution in [0, 0.1) is 0 Å². The number of benzene rings is 1. The van der Waals surface area contributed by atoms with Gasteiger partial charge < -0.3 is 15.5 Å². The van der Waals surface area contributed by atoms with Gasteiger partial charge in [-0.3, -0.25) is 9.59 Å². The van der Waals surface area contributed by atoms with Crippen molar-refractivity contribution in [1.82, 2.24) is 15.5 Å². The number of carbonyl (C=O) groups is 2. The van der Waals surface area contributed by atoms with Gasteiger partial charge in [0, 0.05) is 13.1 Å². The summed E-state index contributed by atoms with van der Waals surface area (Å²) in [4.78, 5) is 26.7. The Hall–Kier alpha value is -1.88. The molecule has 3 rings (SSSR count). The Bertz CT molecular complexity index is 526. The van der Waals surface area contributed by atoms with Crippen LogP contribution in [-0.2, 0) is 16.1 Å². The third-order valence-electron chi connectivity index (χ3n) is 4.51. The molecule has 2 aliphatic heterocycles. The number of carbonyl (C=O) groups excluding carboxylic acids is 2. The van der Waals surface area contributed by atoms with Crippen molar-refractivity contribution in [3.63, 3.8) is 0 Å². The van der Waals surface area contributed by atoms with Gasteiger partial charge >= 0.3 is 0 Å². The molecular weight excluding hydrogens is 278 g/mol. The van der Waals surface area contributed by atoms with E-state index in [1.807, 2.05) is 30.3 Å². The molecule has 0 aromatic heterocycles. The van der Waals surface area contributed by atoms with Gasteiger partial charge in [0.05, 0.1) is 6.04 Å². The van der Waals surface area contributed by atoms with Crippen LogP contribution >= 0.6 is 0 Å². The summed E-state index contributed by atoms with van der Waals surface area (Å²) < 4.78 is 0. The van der Waals surface area contributed by atoms with Crippen molar-refractivity contribution in [2.24, 2.45) is 0 Å². The summed E-state index contributed by atoms with van der Waals surface area (Å²) in [6.45, 7) is 2.11. The molecule has 0 spiro atoms. The molecular formula is C17H23N3O2. The summed E-state index contributed by atoms with van der Waals surface area (Å²) in [6, 6.07) is 9.44. The van der Waals surface area contributed by atoms with E-state index in [1.165, 1.54) is 0 Å². The molecule has 0 radical (unpaired) electrons. The average Bonchev–Trinajstić information content (AvgIpc) is 3.24. The van der Waals surface area contributed by atoms with Crippen LogP contribution in [0.25, 0.3) is 0 Å². The predicted octanol–water partition coefficient (Wildman–Crippen LogP) is 1.05. The molecule has 5 heteroatoms. The topological polar surface area (TPSA) is 61.4 Å². The van der Waals surface area contributed by atoms with Gasteiger partial charge in [0.2, 0.25) is 11.8 Å². The molecule has 0 saturated carbocycles. The van der Waals surface area contributed by atoms with E-state index in [0.29, 0.717) is 13.1 Å². The fourth-order valence-electron chi connectivity index (χ4n) is 3.30. The first-order chi connectivity index (χ1) is 10.8. The second-order valence-electron chi connectivity index (χ2n) is 6.04. The van der Waals surface area contributed by atoms with Crippen molar-refractivity contribution in [2.75, 3.05) is 13.1 Å². The average molecular weight is 301 g/mol. The molecule has 1 aromatic carbocycles. The van der Waals surface area contributed by atoms with E-state index >= 15 is 0 Å². The van der Waals surface area contributed by atoms with Crippen molar-refractivity contribution < 1.29 is 9.59 Å². The number of hydrogen-bond acceptors (Lipinski definition) is 3. The Labute approximate surface area is 131 Å². The van der Waals surface area contributed by atoms with Gasteiger partial charge in [-0.2, -0.15) is 0 Å². The van der Waals surface area contributed by atoms with Gasteiger partial charge in [0.1, 0.15) is 6.04 Å². The molecule has 0 bridgehead atoms. The van der Waals surface area contributed by atoms with Crippen LogP contribution < -0.4 is 10.6 Å². The number of rotatable bonds is 4. The quantitative estimate of drug-likeness (QED) is 0.874. The fraction of sp³-hybridized carbons (Fsp3) is 0.529. The zero-order chi connectivity index (χ0) is 15.4. The molecule has 0 aliphatic carbocycles. The third-order valence-corrected chi connectivity index (χ3v) is 4.51. The third kappa shape index (κ3) is 3.30. The largest absolute Gasteiger partial charge is 0.350 e. The van der Waals surface area contributed by atoms with E-state index in [0.717, 1.165) is 37.8 Å². The number of hydrogen-bond donors (Lipinski definition) is 2. The lowest BCUT2D eigenvalue weighted by Gasteiger charge is -2.26. The molecule has 2 fully saturated rings. The van der Waals surface area contributed by atoms with E-state index < -0.39 is 0 Å². The number of likely N-dealkylation sites (tertiary alicyclic amines) is 1. The fourth-order valence-corrected chi connectivity index (χ4v) is 3.30.